The molecule has 2 aliphatic rings. The Morgan fingerprint density at radius 2 is 1.86 bits per heavy atom. The van der Waals surface area contributed by atoms with Crippen LogP contribution in [-0.2, 0) is 22.4 Å². The van der Waals surface area contributed by atoms with Gasteiger partial charge < -0.3 is 10.0 Å². The number of aryl methyl sites for hydroxylation is 1. The van der Waals surface area contributed by atoms with E-state index in [2.05, 4.69) is 13.0 Å². The molecule has 1 saturated carbocycles. The molecule has 118 valence electrons. The fourth-order valence-corrected chi connectivity index (χ4v) is 3.80. The summed E-state index contributed by atoms with van der Waals surface area (Å²) in [6.45, 7) is 3.51. The number of carbonyl (C=O) groups is 2. The average Bonchev–Trinajstić information content (AvgIpc) is 3.22. The molecule has 1 aromatic carbocycles. The molecule has 1 unspecified atom stereocenters. The lowest BCUT2D eigenvalue weighted by molar-refractivity contribution is -0.139. The summed E-state index contributed by atoms with van der Waals surface area (Å²) in [6.07, 6.45) is 3.87. The number of benzene rings is 1. The number of nitrogens with zero attached hydrogens (tertiary/aromatic N) is 1. The van der Waals surface area contributed by atoms with Crippen LogP contribution in [0.4, 0.5) is 0 Å². The maximum atomic E-state index is 12.5. The Kier molecular flexibility index (Phi) is 3.94. The Morgan fingerprint density at radius 3 is 2.41 bits per heavy atom. The van der Waals surface area contributed by atoms with Gasteiger partial charge in [-0.2, -0.15) is 0 Å². The summed E-state index contributed by atoms with van der Waals surface area (Å²) in [5, 5.41) is 9.12. The molecule has 22 heavy (non-hydrogen) atoms. The quantitative estimate of drug-likeness (QED) is 0.929. The number of aliphatic carboxylic acids is 1. The molecule has 4 nitrogen and oxygen atoms in total. The summed E-state index contributed by atoms with van der Waals surface area (Å²) in [7, 11) is 0. The number of piperidine rings is 1. The van der Waals surface area contributed by atoms with Gasteiger partial charge in [0.2, 0.25) is 5.91 Å². The highest BCUT2D eigenvalue weighted by atomic mass is 16.4. The van der Waals surface area contributed by atoms with Crippen molar-refractivity contribution in [2.24, 2.45) is 11.3 Å². The molecule has 1 saturated heterocycles. The van der Waals surface area contributed by atoms with Gasteiger partial charge in [0, 0.05) is 13.1 Å². The molecular weight excluding hydrogens is 278 g/mol. The molecule has 4 heteroatoms. The third-order valence-corrected chi connectivity index (χ3v) is 5.44. The van der Waals surface area contributed by atoms with E-state index in [-0.39, 0.29) is 17.2 Å². The molecule has 0 radical (unpaired) electrons. The minimum absolute atomic E-state index is 0.00998. The molecule has 1 amide bonds. The third-order valence-electron chi connectivity index (χ3n) is 5.44. The zero-order chi connectivity index (χ0) is 15.7. The number of carboxylic acids is 1. The van der Waals surface area contributed by atoms with Gasteiger partial charge >= 0.3 is 5.97 Å². The Bertz CT molecular complexity index is 588. The first-order valence-electron chi connectivity index (χ1n) is 8.13. The van der Waals surface area contributed by atoms with Crippen LogP contribution in [0.2, 0.25) is 0 Å². The zero-order valence-electron chi connectivity index (χ0n) is 13.0. The van der Waals surface area contributed by atoms with Gasteiger partial charge in [0.1, 0.15) is 0 Å². The molecule has 2 fully saturated rings. The van der Waals surface area contributed by atoms with Gasteiger partial charge in [-0.05, 0) is 42.2 Å². The summed E-state index contributed by atoms with van der Waals surface area (Å²) in [5.41, 5.74) is 2.34. The molecule has 1 spiro atoms. The predicted molar refractivity (Wildman–Crippen MR) is 83.5 cm³/mol. The van der Waals surface area contributed by atoms with Crippen molar-refractivity contribution < 1.29 is 14.7 Å². The molecular formula is C18H23NO3. The van der Waals surface area contributed by atoms with Crippen LogP contribution in [0, 0.1) is 11.3 Å². The second-order valence-electron chi connectivity index (χ2n) is 6.64. The minimum Gasteiger partial charge on any atom is -0.481 e. The molecule has 0 aromatic heterocycles. The van der Waals surface area contributed by atoms with Crippen molar-refractivity contribution in [3.63, 3.8) is 0 Å². The van der Waals surface area contributed by atoms with E-state index in [0.717, 1.165) is 31.2 Å². The van der Waals surface area contributed by atoms with Crippen LogP contribution in [0.1, 0.15) is 37.3 Å². The van der Waals surface area contributed by atoms with E-state index in [1.807, 2.05) is 23.1 Å². The fourth-order valence-electron chi connectivity index (χ4n) is 3.80. The summed E-state index contributed by atoms with van der Waals surface area (Å²) in [4.78, 5) is 25.5. The Labute approximate surface area is 131 Å². The van der Waals surface area contributed by atoms with Crippen LogP contribution in [0.15, 0.2) is 24.3 Å². The van der Waals surface area contributed by atoms with Crippen LogP contribution < -0.4 is 0 Å². The number of carboxylic acid groups (broad SMARTS) is 1. The number of carbonyl (C=O) groups excluding carboxylic acids is 1. The van der Waals surface area contributed by atoms with Crippen molar-refractivity contribution in [2.75, 3.05) is 13.1 Å². The highest BCUT2D eigenvalue weighted by Crippen LogP contribution is 2.59. The monoisotopic (exact) mass is 301 g/mol. The number of hydrogen-bond donors (Lipinski definition) is 1. The topological polar surface area (TPSA) is 57.6 Å². The van der Waals surface area contributed by atoms with Gasteiger partial charge in [0.15, 0.2) is 0 Å². The average molecular weight is 301 g/mol. The van der Waals surface area contributed by atoms with E-state index < -0.39 is 5.97 Å². The highest BCUT2D eigenvalue weighted by molar-refractivity contribution is 5.79. The van der Waals surface area contributed by atoms with Crippen LogP contribution in [-0.4, -0.2) is 35.0 Å². The molecule has 1 aliphatic heterocycles. The fraction of sp³-hybridized carbons (Fsp3) is 0.556. The van der Waals surface area contributed by atoms with E-state index in [0.29, 0.717) is 19.5 Å². The van der Waals surface area contributed by atoms with Crippen molar-refractivity contribution >= 4 is 11.9 Å². The van der Waals surface area contributed by atoms with Crippen molar-refractivity contribution in [3.8, 4) is 0 Å². The maximum Gasteiger partial charge on any atom is 0.307 e. The van der Waals surface area contributed by atoms with Crippen molar-refractivity contribution in [1.29, 1.82) is 0 Å². The van der Waals surface area contributed by atoms with Gasteiger partial charge in [-0.15, -0.1) is 0 Å². The first kappa shape index (κ1) is 15.1. The number of hydrogen-bond acceptors (Lipinski definition) is 2. The van der Waals surface area contributed by atoms with E-state index in [9.17, 15) is 9.59 Å². The van der Waals surface area contributed by atoms with Crippen molar-refractivity contribution in [3.05, 3.63) is 35.4 Å². The van der Waals surface area contributed by atoms with E-state index in [1.54, 1.807) is 0 Å². The van der Waals surface area contributed by atoms with Gasteiger partial charge in [0.25, 0.3) is 0 Å². The standard InChI is InChI=1S/C18H23NO3/c1-2-13-5-3-4-6-14(13)11-16(20)19-9-7-18(8-10-19)12-15(18)17(21)22/h3-6,15H,2,7-12H2,1H3,(H,21,22). The molecule has 1 N–H and O–H groups in total. The summed E-state index contributed by atoms with van der Waals surface area (Å²) in [6, 6.07) is 8.10. The highest BCUT2D eigenvalue weighted by Gasteiger charge is 2.59. The second kappa shape index (κ2) is 5.75. The maximum absolute atomic E-state index is 12.5. The first-order chi connectivity index (χ1) is 10.6. The molecule has 3 rings (SSSR count). The van der Waals surface area contributed by atoms with Crippen LogP contribution in [0.5, 0.6) is 0 Å². The van der Waals surface area contributed by atoms with Crippen LogP contribution in [0.3, 0.4) is 0 Å². The molecule has 0 bridgehead atoms. The summed E-state index contributed by atoms with van der Waals surface area (Å²) in [5.74, 6) is -0.675. The predicted octanol–water partition coefficient (Wildman–Crippen LogP) is 2.50. The lowest BCUT2D eigenvalue weighted by atomic mass is 9.90. The van der Waals surface area contributed by atoms with E-state index in [1.165, 1.54) is 5.56 Å². The normalized spacial score (nSPS) is 22.6. The summed E-state index contributed by atoms with van der Waals surface area (Å²) >= 11 is 0. The Balaban J connectivity index is 1.58. The largest absolute Gasteiger partial charge is 0.481 e. The Morgan fingerprint density at radius 1 is 1.23 bits per heavy atom. The van der Waals surface area contributed by atoms with Crippen molar-refractivity contribution in [1.82, 2.24) is 4.90 Å². The van der Waals surface area contributed by atoms with Gasteiger partial charge in [-0.1, -0.05) is 31.2 Å². The van der Waals surface area contributed by atoms with Crippen LogP contribution >= 0.6 is 0 Å². The van der Waals surface area contributed by atoms with E-state index >= 15 is 0 Å². The Hall–Kier alpha value is -1.84. The molecule has 1 aromatic rings. The van der Waals surface area contributed by atoms with Gasteiger partial charge in [-0.3, -0.25) is 9.59 Å². The molecule has 1 atom stereocenters. The summed E-state index contributed by atoms with van der Waals surface area (Å²) < 4.78 is 0. The second-order valence-corrected chi connectivity index (χ2v) is 6.64. The lowest BCUT2D eigenvalue weighted by Crippen LogP contribution is -2.40. The number of amides is 1. The smallest absolute Gasteiger partial charge is 0.307 e. The van der Waals surface area contributed by atoms with Crippen molar-refractivity contribution in [2.45, 2.75) is 39.0 Å². The van der Waals surface area contributed by atoms with Gasteiger partial charge in [-0.25, -0.2) is 0 Å². The first-order valence-corrected chi connectivity index (χ1v) is 8.13. The number of rotatable bonds is 4. The molecule has 1 aliphatic carbocycles. The minimum atomic E-state index is -0.670. The third kappa shape index (κ3) is 2.74. The van der Waals surface area contributed by atoms with Gasteiger partial charge in [0.05, 0.1) is 12.3 Å². The number of likely N-dealkylation sites (tertiary alicyclic amines) is 1. The van der Waals surface area contributed by atoms with E-state index in [4.69, 9.17) is 5.11 Å². The lowest BCUT2D eigenvalue weighted by Gasteiger charge is -2.32. The van der Waals surface area contributed by atoms with Crippen LogP contribution in [0.25, 0.3) is 0 Å². The SMILES string of the molecule is CCc1ccccc1CC(=O)N1CCC2(CC1)CC2C(=O)O. The zero-order valence-corrected chi connectivity index (χ0v) is 13.0. The molecule has 1 heterocycles.